The number of nitrogens with one attached hydrogen (secondary N) is 1. The van der Waals surface area contributed by atoms with Crippen molar-refractivity contribution in [2.24, 2.45) is 5.14 Å². The highest BCUT2D eigenvalue weighted by atomic mass is 32.2. The number of aryl methyl sites for hydroxylation is 1. The van der Waals surface area contributed by atoms with Gasteiger partial charge in [-0.2, -0.15) is 0 Å². The lowest BCUT2D eigenvalue weighted by Gasteiger charge is -2.06. The minimum atomic E-state index is -3.64. The minimum Gasteiger partial charge on any atom is -0.372 e. The molecule has 1 rings (SSSR count). The Hall–Kier alpha value is -1.44. The van der Waals surface area contributed by atoms with Crippen molar-refractivity contribution < 1.29 is 17.9 Å². The van der Waals surface area contributed by atoms with Gasteiger partial charge >= 0.3 is 0 Å². The van der Waals surface area contributed by atoms with Crippen LogP contribution in [-0.4, -0.2) is 34.1 Å². The second-order valence-corrected chi connectivity index (χ2v) is 6.26. The number of nitrogens with two attached hydrogens (primary N) is 1. The number of primary sulfonamides is 1. The molecule has 118 valence electrons. The number of carbonyl (C=O) groups is 1. The third-order valence-electron chi connectivity index (χ3n) is 2.80. The zero-order valence-electron chi connectivity index (χ0n) is 12.2. The molecule has 0 bridgehead atoms. The Kier molecular flexibility index (Phi) is 7.35. The smallest absolute Gasteiger partial charge is 0.245 e. The fourth-order valence-electron chi connectivity index (χ4n) is 1.73. The summed E-state index contributed by atoms with van der Waals surface area (Å²) < 4.78 is 27.3. The summed E-state index contributed by atoms with van der Waals surface area (Å²) in [5, 5.41) is 7.79. The maximum Gasteiger partial charge on any atom is 0.245 e. The van der Waals surface area contributed by atoms with Crippen LogP contribution in [0.4, 0.5) is 0 Å². The van der Waals surface area contributed by atoms with Crippen LogP contribution in [0, 0.1) is 0 Å². The fourth-order valence-corrected chi connectivity index (χ4v) is 2.24. The molecule has 1 aromatic carbocycles. The zero-order chi connectivity index (χ0) is 15.7. The molecule has 6 nitrogen and oxygen atoms in total. The standard InChI is InChI=1S/C14H22N2O4S/c1-2-10-20-11-14(17)16-9-3-4-12-5-7-13(8-6-12)21(15,18)19/h5-8H,2-4,9-11H2,1H3,(H,16,17)(H2,15,18,19). The molecule has 0 aliphatic heterocycles. The van der Waals surface area contributed by atoms with E-state index in [1.54, 1.807) is 12.1 Å². The topological polar surface area (TPSA) is 98.5 Å². The average Bonchev–Trinajstić information content (AvgIpc) is 2.43. The molecule has 0 spiro atoms. The van der Waals surface area contributed by atoms with E-state index in [0.717, 1.165) is 24.8 Å². The zero-order valence-corrected chi connectivity index (χ0v) is 13.0. The lowest BCUT2D eigenvalue weighted by Crippen LogP contribution is -2.28. The number of amides is 1. The van der Waals surface area contributed by atoms with Gasteiger partial charge in [0.15, 0.2) is 0 Å². The van der Waals surface area contributed by atoms with Crippen LogP contribution in [0.15, 0.2) is 29.2 Å². The number of hydrogen-bond acceptors (Lipinski definition) is 4. The molecule has 0 aromatic heterocycles. The van der Waals surface area contributed by atoms with Crippen molar-refractivity contribution in [3.05, 3.63) is 29.8 Å². The SMILES string of the molecule is CCCOCC(=O)NCCCc1ccc(S(N)(=O)=O)cc1. The quantitative estimate of drug-likeness (QED) is 0.659. The van der Waals surface area contributed by atoms with Crippen molar-refractivity contribution in [1.82, 2.24) is 5.32 Å². The Morgan fingerprint density at radius 3 is 2.52 bits per heavy atom. The molecule has 0 aliphatic carbocycles. The Labute approximate surface area is 125 Å². The summed E-state index contributed by atoms with van der Waals surface area (Å²) in [5.74, 6) is -0.118. The van der Waals surface area contributed by atoms with E-state index in [2.05, 4.69) is 5.32 Å². The first-order chi connectivity index (χ1) is 9.93. The van der Waals surface area contributed by atoms with E-state index in [1.165, 1.54) is 12.1 Å². The second kappa shape index (κ2) is 8.76. The number of rotatable bonds is 9. The third-order valence-corrected chi connectivity index (χ3v) is 3.73. The van der Waals surface area contributed by atoms with Gasteiger partial charge in [0.2, 0.25) is 15.9 Å². The highest BCUT2D eigenvalue weighted by molar-refractivity contribution is 7.89. The summed E-state index contributed by atoms with van der Waals surface area (Å²) in [6.45, 7) is 3.23. The van der Waals surface area contributed by atoms with Crippen molar-refractivity contribution in [1.29, 1.82) is 0 Å². The molecule has 1 aromatic rings. The molecule has 3 N–H and O–H groups in total. The summed E-state index contributed by atoms with van der Waals surface area (Å²) in [6, 6.07) is 6.43. The normalized spacial score (nSPS) is 11.3. The van der Waals surface area contributed by atoms with Crippen molar-refractivity contribution in [3.63, 3.8) is 0 Å². The van der Waals surface area contributed by atoms with Crippen molar-refractivity contribution >= 4 is 15.9 Å². The Balaban J connectivity index is 2.25. The van der Waals surface area contributed by atoms with Crippen LogP contribution in [0.5, 0.6) is 0 Å². The Morgan fingerprint density at radius 2 is 1.95 bits per heavy atom. The van der Waals surface area contributed by atoms with Crippen molar-refractivity contribution in [3.8, 4) is 0 Å². The maximum atomic E-state index is 11.4. The number of carbonyl (C=O) groups excluding carboxylic acids is 1. The first kappa shape index (κ1) is 17.6. The van der Waals surface area contributed by atoms with E-state index in [0.29, 0.717) is 13.2 Å². The van der Waals surface area contributed by atoms with Crippen LogP contribution in [0.2, 0.25) is 0 Å². The molecule has 7 heteroatoms. The molecule has 0 fully saturated rings. The van der Waals surface area contributed by atoms with Crippen molar-refractivity contribution in [2.75, 3.05) is 19.8 Å². The highest BCUT2D eigenvalue weighted by Crippen LogP contribution is 2.09. The molecule has 0 radical (unpaired) electrons. The first-order valence-electron chi connectivity index (χ1n) is 6.89. The second-order valence-electron chi connectivity index (χ2n) is 4.70. The van der Waals surface area contributed by atoms with E-state index in [1.807, 2.05) is 6.92 Å². The van der Waals surface area contributed by atoms with Gasteiger partial charge in [-0.15, -0.1) is 0 Å². The lowest BCUT2D eigenvalue weighted by molar-refractivity contribution is -0.125. The summed E-state index contributed by atoms with van der Waals surface area (Å²) in [4.78, 5) is 11.5. The fraction of sp³-hybridized carbons (Fsp3) is 0.500. The van der Waals surface area contributed by atoms with E-state index >= 15 is 0 Å². The van der Waals surface area contributed by atoms with Gasteiger partial charge in [0, 0.05) is 13.2 Å². The molecule has 0 unspecified atom stereocenters. The van der Waals surface area contributed by atoms with Crippen LogP contribution in [0.3, 0.4) is 0 Å². The van der Waals surface area contributed by atoms with E-state index in [-0.39, 0.29) is 17.4 Å². The van der Waals surface area contributed by atoms with Gasteiger partial charge in [-0.25, -0.2) is 13.6 Å². The first-order valence-corrected chi connectivity index (χ1v) is 8.44. The van der Waals surface area contributed by atoms with E-state index in [4.69, 9.17) is 9.88 Å². The highest BCUT2D eigenvalue weighted by Gasteiger charge is 2.06. The van der Waals surface area contributed by atoms with Gasteiger partial charge in [0.25, 0.3) is 0 Å². The molecule has 1 amide bonds. The Morgan fingerprint density at radius 1 is 1.29 bits per heavy atom. The van der Waals surface area contributed by atoms with Crippen LogP contribution >= 0.6 is 0 Å². The van der Waals surface area contributed by atoms with Gasteiger partial charge in [-0.1, -0.05) is 19.1 Å². The van der Waals surface area contributed by atoms with Gasteiger partial charge in [-0.05, 0) is 37.0 Å². The molecule has 21 heavy (non-hydrogen) atoms. The van der Waals surface area contributed by atoms with E-state index < -0.39 is 10.0 Å². The minimum absolute atomic E-state index is 0.0941. The largest absolute Gasteiger partial charge is 0.372 e. The number of sulfonamides is 1. The maximum absolute atomic E-state index is 11.4. The van der Waals surface area contributed by atoms with Gasteiger partial charge in [-0.3, -0.25) is 4.79 Å². The number of benzene rings is 1. The summed E-state index contributed by atoms with van der Waals surface area (Å²) in [7, 11) is -3.64. The lowest BCUT2D eigenvalue weighted by atomic mass is 10.1. The van der Waals surface area contributed by atoms with Gasteiger partial charge in [0.05, 0.1) is 4.90 Å². The monoisotopic (exact) mass is 314 g/mol. The van der Waals surface area contributed by atoms with Crippen molar-refractivity contribution in [2.45, 2.75) is 31.1 Å². The summed E-state index contributed by atoms with van der Waals surface area (Å²) >= 11 is 0. The number of ether oxygens (including phenoxy) is 1. The number of hydrogen-bond donors (Lipinski definition) is 2. The molecule has 0 heterocycles. The molecule has 0 saturated heterocycles. The summed E-state index contributed by atoms with van der Waals surface area (Å²) in [6.07, 6.45) is 2.41. The molecule has 0 atom stereocenters. The van der Waals surface area contributed by atoms with E-state index in [9.17, 15) is 13.2 Å². The van der Waals surface area contributed by atoms with Crippen LogP contribution in [-0.2, 0) is 26.0 Å². The summed E-state index contributed by atoms with van der Waals surface area (Å²) in [5.41, 5.74) is 0.999. The third kappa shape index (κ3) is 7.22. The molecular formula is C14H22N2O4S. The predicted molar refractivity (Wildman–Crippen MR) is 80.3 cm³/mol. The van der Waals surface area contributed by atoms with Gasteiger partial charge < -0.3 is 10.1 Å². The van der Waals surface area contributed by atoms with Crippen LogP contribution < -0.4 is 10.5 Å². The molecule has 0 aliphatic rings. The average molecular weight is 314 g/mol. The molecule has 0 saturated carbocycles. The van der Waals surface area contributed by atoms with Gasteiger partial charge in [0.1, 0.15) is 6.61 Å². The van der Waals surface area contributed by atoms with Crippen LogP contribution in [0.25, 0.3) is 0 Å². The van der Waals surface area contributed by atoms with Crippen LogP contribution in [0.1, 0.15) is 25.3 Å². The molecular weight excluding hydrogens is 292 g/mol. The predicted octanol–water partition coefficient (Wildman–Crippen LogP) is 0.809. The Bertz CT molecular complexity index is 541.